The lowest BCUT2D eigenvalue weighted by Gasteiger charge is -2.10. The molecule has 0 unspecified atom stereocenters. The van der Waals surface area contributed by atoms with Crippen molar-refractivity contribution in [2.75, 3.05) is 13.2 Å². The lowest BCUT2D eigenvalue weighted by atomic mass is 10.1. The average Bonchev–Trinajstić information content (AvgIpc) is 3.30. The lowest BCUT2D eigenvalue weighted by molar-refractivity contribution is 0.0904. The highest BCUT2D eigenvalue weighted by Gasteiger charge is 2.08. The van der Waals surface area contributed by atoms with Crippen LogP contribution in [0.5, 0.6) is 5.75 Å². The molecule has 1 N–H and O–H groups in total. The second-order valence-electron chi connectivity index (χ2n) is 6.51. The van der Waals surface area contributed by atoms with Crippen molar-refractivity contribution in [2.24, 2.45) is 0 Å². The molecule has 0 bridgehead atoms. The number of pyridine rings is 1. The van der Waals surface area contributed by atoms with Gasteiger partial charge in [0.2, 0.25) is 0 Å². The second-order valence-corrected chi connectivity index (χ2v) is 6.51. The molecule has 0 fully saturated rings. The maximum absolute atomic E-state index is 12.7. The van der Waals surface area contributed by atoms with Gasteiger partial charge in [-0.3, -0.25) is 9.59 Å². The van der Waals surface area contributed by atoms with Gasteiger partial charge in [-0.2, -0.15) is 0 Å². The third-order valence-electron chi connectivity index (χ3n) is 4.68. The minimum Gasteiger partial charge on any atom is -0.492 e. The standard InChI is InChI=1S/C22H19N3O4/c26-14-21(27)17-2-1-16-7-9-24(22(28)20(16)13-17)11-12-29-19-5-3-18(4-6-19)25-10-8-23-15-25/h1-10,13,15,26H,11-12,14H2. The minimum absolute atomic E-state index is 0.200. The Labute approximate surface area is 166 Å². The van der Waals surface area contributed by atoms with E-state index >= 15 is 0 Å². The number of fused-ring (bicyclic) bond motifs is 1. The number of aromatic nitrogens is 3. The summed E-state index contributed by atoms with van der Waals surface area (Å²) in [5, 5.41) is 10.2. The number of rotatable bonds is 7. The van der Waals surface area contributed by atoms with Gasteiger partial charge >= 0.3 is 0 Å². The Morgan fingerprint density at radius 1 is 1.07 bits per heavy atom. The van der Waals surface area contributed by atoms with Crippen LogP contribution in [-0.2, 0) is 6.54 Å². The molecule has 0 amide bonds. The van der Waals surface area contributed by atoms with Gasteiger partial charge < -0.3 is 19.0 Å². The highest BCUT2D eigenvalue weighted by atomic mass is 16.5. The van der Waals surface area contributed by atoms with Crippen LogP contribution in [0.25, 0.3) is 16.5 Å². The van der Waals surface area contributed by atoms with Gasteiger partial charge in [-0.1, -0.05) is 12.1 Å². The van der Waals surface area contributed by atoms with E-state index in [1.165, 1.54) is 6.07 Å². The normalized spacial score (nSPS) is 10.9. The topological polar surface area (TPSA) is 86.3 Å². The zero-order chi connectivity index (χ0) is 20.2. The van der Waals surface area contributed by atoms with Gasteiger partial charge in [0, 0.05) is 35.2 Å². The Bertz CT molecular complexity index is 1200. The molecule has 7 heteroatoms. The van der Waals surface area contributed by atoms with Crippen molar-refractivity contribution >= 4 is 16.6 Å². The number of carbonyl (C=O) groups is 1. The average molecular weight is 389 g/mol. The van der Waals surface area contributed by atoms with Gasteiger partial charge in [0.25, 0.3) is 5.56 Å². The summed E-state index contributed by atoms with van der Waals surface area (Å²) in [6.07, 6.45) is 7.02. The van der Waals surface area contributed by atoms with Crippen LogP contribution in [0.1, 0.15) is 10.4 Å². The van der Waals surface area contributed by atoms with Gasteiger partial charge in [0.15, 0.2) is 5.78 Å². The quantitative estimate of drug-likeness (QED) is 0.491. The number of hydrogen-bond acceptors (Lipinski definition) is 5. The second kappa shape index (κ2) is 8.12. The number of hydrogen-bond donors (Lipinski definition) is 1. The predicted molar refractivity (Wildman–Crippen MR) is 109 cm³/mol. The summed E-state index contributed by atoms with van der Waals surface area (Å²) >= 11 is 0. The molecule has 0 saturated heterocycles. The van der Waals surface area contributed by atoms with Gasteiger partial charge in [-0.05, 0) is 41.8 Å². The van der Waals surface area contributed by atoms with Gasteiger partial charge in [-0.25, -0.2) is 4.98 Å². The molecule has 0 saturated carbocycles. The van der Waals surface area contributed by atoms with E-state index in [-0.39, 0.29) is 5.56 Å². The minimum atomic E-state index is -0.583. The van der Waals surface area contributed by atoms with Gasteiger partial charge in [0.1, 0.15) is 19.0 Å². The van der Waals surface area contributed by atoms with Crippen LogP contribution < -0.4 is 10.3 Å². The zero-order valence-corrected chi connectivity index (χ0v) is 15.6. The van der Waals surface area contributed by atoms with Crippen LogP contribution >= 0.6 is 0 Å². The fourth-order valence-corrected chi connectivity index (χ4v) is 3.11. The van der Waals surface area contributed by atoms with E-state index in [1.807, 2.05) is 41.1 Å². The van der Waals surface area contributed by atoms with E-state index in [0.717, 1.165) is 11.1 Å². The number of Topliss-reactive ketones (excluding diaryl/α,β-unsaturated/α-hetero) is 1. The number of carbonyl (C=O) groups excluding carboxylic acids is 1. The summed E-state index contributed by atoms with van der Waals surface area (Å²) in [5.74, 6) is 0.294. The van der Waals surface area contributed by atoms with E-state index in [9.17, 15) is 9.59 Å². The van der Waals surface area contributed by atoms with Crippen molar-refractivity contribution in [3.8, 4) is 11.4 Å². The fraction of sp³-hybridized carbons (Fsp3) is 0.136. The highest BCUT2D eigenvalue weighted by Crippen LogP contribution is 2.16. The van der Waals surface area contributed by atoms with E-state index in [1.54, 1.807) is 35.4 Å². The monoisotopic (exact) mass is 389 g/mol. The van der Waals surface area contributed by atoms with Crippen molar-refractivity contribution < 1.29 is 14.6 Å². The summed E-state index contributed by atoms with van der Waals surface area (Å²) in [4.78, 5) is 28.5. The highest BCUT2D eigenvalue weighted by molar-refractivity contribution is 6.00. The first-order valence-corrected chi connectivity index (χ1v) is 9.14. The fourth-order valence-electron chi connectivity index (χ4n) is 3.11. The Morgan fingerprint density at radius 3 is 2.62 bits per heavy atom. The summed E-state index contributed by atoms with van der Waals surface area (Å²) in [6, 6.07) is 14.3. The van der Waals surface area contributed by atoms with E-state index in [2.05, 4.69) is 4.98 Å². The van der Waals surface area contributed by atoms with Gasteiger partial charge in [0.05, 0.1) is 12.9 Å². The molecule has 0 atom stereocenters. The Morgan fingerprint density at radius 2 is 1.90 bits per heavy atom. The molecule has 7 nitrogen and oxygen atoms in total. The maximum Gasteiger partial charge on any atom is 0.258 e. The van der Waals surface area contributed by atoms with Crippen LogP contribution in [0.2, 0.25) is 0 Å². The number of aliphatic hydroxyl groups is 1. The maximum atomic E-state index is 12.7. The molecular weight excluding hydrogens is 370 g/mol. The van der Waals surface area contributed by atoms with Gasteiger partial charge in [-0.15, -0.1) is 0 Å². The third kappa shape index (κ3) is 3.95. The molecule has 0 aliphatic rings. The smallest absolute Gasteiger partial charge is 0.258 e. The zero-order valence-electron chi connectivity index (χ0n) is 15.6. The Kier molecular flexibility index (Phi) is 5.22. The van der Waals surface area contributed by atoms with Crippen LogP contribution in [-0.4, -0.2) is 38.2 Å². The van der Waals surface area contributed by atoms with Crippen molar-refractivity contribution in [3.63, 3.8) is 0 Å². The number of benzene rings is 2. The predicted octanol–water partition coefficient (Wildman–Crippen LogP) is 2.44. The molecule has 29 heavy (non-hydrogen) atoms. The largest absolute Gasteiger partial charge is 0.492 e. The van der Waals surface area contributed by atoms with Crippen molar-refractivity contribution in [2.45, 2.75) is 6.54 Å². The molecule has 2 heterocycles. The summed E-state index contributed by atoms with van der Waals surface area (Å²) in [6.45, 7) is 0.112. The first kappa shape index (κ1) is 18.6. The van der Waals surface area contributed by atoms with E-state index < -0.39 is 12.4 Å². The summed E-state index contributed by atoms with van der Waals surface area (Å²) in [5.41, 5.74) is 1.10. The molecule has 146 valence electrons. The Hall–Kier alpha value is -3.71. The number of ketones is 1. The van der Waals surface area contributed by atoms with Crippen molar-refractivity contribution in [3.05, 3.63) is 89.4 Å². The number of nitrogens with zero attached hydrogens (tertiary/aromatic N) is 3. The molecule has 2 aromatic carbocycles. The molecular formula is C22H19N3O4. The molecule has 0 aliphatic heterocycles. The Balaban J connectivity index is 1.46. The number of imidazole rings is 1. The van der Waals surface area contributed by atoms with Crippen LogP contribution in [0.15, 0.2) is 78.2 Å². The first-order chi connectivity index (χ1) is 14.2. The third-order valence-corrected chi connectivity index (χ3v) is 4.68. The van der Waals surface area contributed by atoms with E-state index in [4.69, 9.17) is 9.84 Å². The number of ether oxygens (including phenoxy) is 1. The SMILES string of the molecule is O=C(CO)c1ccc2ccn(CCOc3ccc(-n4ccnc4)cc3)c(=O)c2c1. The van der Waals surface area contributed by atoms with Crippen LogP contribution in [0.4, 0.5) is 0 Å². The summed E-state index contributed by atoms with van der Waals surface area (Å²) in [7, 11) is 0. The molecule has 0 radical (unpaired) electrons. The molecule has 4 aromatic rings. The van der Waals surface area contributed by atoms with Crippen LogP contribution in [0.3, 0.4) is 0 Å². The molecule has 4 rings (SSSR count). The van der Waals surface area contributed by atoms with Crippen LogP contribution in [0, 0.1) is 0 Å². The van der Waals surface area contributed by atoms with Crippen molar-refractivity contribution in [1.29, 1.82) is 0 Å². The summed E-state index contributed by atoms with van der Waals surface area (Å²) < 4.78 is 9.20. The molecule has 2 aromatic heterocycles. The first-order valence-electron chi connectivity index (χ1n) is 9.14. The lowest BCUT2D eigenvalue weighted by Crippen LogP contribution is -2.23. The molecule has 0 aliphatic carbocycles. The number of aliphatic hydroxyl groups excluding tert-OH is 1. The van der Waals surface area contributed by atoms with Crippen molar-refractivity contribution in [1.82, 2.24) is 14.1 Å². The van der Waals surface area contributed by atoms with E-state index in [0.29, 0.717) is 29.9 Å². The molecule has 0 spiro atoms.